The van der Waals surface area contributed by atoms with Gasteiger partial charge in [0.05, 0.1) is 31.9 Å². The van der Waals surface area contributed by atoms with Crippen LogP contribution >= 0.6 is 0 Å². The van der Waals surface area contributed by atoms with Crippen molar-refractivity contribution in [2.24, 2.45) is 5.92 Å². The van der Waals surface area contributed by atoms with Gasteiger partial charge in [-0.3, -0.25) is 9.69 Å². The number of aromatic nitrogens is 2. The van der Waals surface area contributed by atoms with Crippen LogP contribution in [0.25, 0.3) is 11.4 Å². The Bertz CT molecular complexity index is 1300. The van der Waals surface area contributed by atoms with E-state index in [1.165, 1.54) is 38.0 Å². The average Bonchev–Trinajstić information content (AvgIpc) is 3.40. The van der Waals surface area contributed by atoms with Crippen molar-refractivity contribution in [3.05, 3.63) is 65.0 Å². The minimum atomic E-state index is -0.615. The van der Waals surface area contributed by atoms with Gasteiger partial charge in [0.15, 0.2) is 0 Å². The van der Waals surface area contributed by atoms with Crippen LogP contribution in [-0.2, 0) is 26.2 Å². The van der Waals surface area contributed by atoms with Crippen LogP contribution in [-0.4, -0.2) is 60.2 Å². The maximum Gasteiger partial charge on any atom is 0.337 e. The van der Waals surface area contributed by atoms with E-state index in [1.807, 2.05) is 12.1 Å². The van der Waals surface area contributed by atoms with Crippen LogP contribution in [0.1, 0.15) is 65.8 Å². The third-order valence-corrected chi connectivity index (χ3v) is 6.84. The fourth-order valence-electron chi connectivity index (χ4n) is 4.52. The van der Waals surface area contributed by atoms with Crippen LogP contribution in [0, 0.1) is 5.92 Å². The van der Waals surface area contributed by atoms with E-state index in [0.717, 1.165) is 5.56 Å². The van der Waals surface area contributed by atoms with Gasteiger partial charge in [-0.15, -0.1) is 0 Å². The van der Waals surface area contributed by atoms with Gasteiger partial charge in [0.25, 0.3) is 0 Å². The fourth-order valence-corrected chi connectivity index (χ4v) is 4.52. The number of nitrogens with zero attached hydrogens (tertiary/aromatic N) is 3. The van der Waals surface area contributed by atoms with Crippen LogP contribution in [0.15, 0.2) is 47.0 Å². The predicted octanol–water partition coefficient (Wildman–Crippen LogP) is 4.46. The first-order valence-electron chi connectivity index (χ1n) is 12.9. The Morgan fingerprint density at radius 2 is 1.56 bits per heavy atom. The number of benzene rings is 2. The van der Waals surface area contributed by atoms with E-state index in [-0.39, 0.29) is 28.4 Å². The van der Waals surface area contributed by atoms with E-state index in [2.05, 4.69) is 53.3 Å². The number of methoxy groups -OCH3 is 2. The van der Waals surface area contributed by atoms with E-state index in [0.29, 0.717) is 49.9 Å². The lowest BCUT2D eigenvalue weighted by Crippen LogP contribution is -2.37. The second-order valence-electron chi connectivity index (χ2n) is 10.7. The Labute approximate surface area is 227 Å². The van der Waals surface area contributed by atoms with Gasteiger partial charge in [-0.25, -0.2) is 9.59 Å². The topological polar surface area (TPSA) is 124 Å². The summed E-state index contributed by atoms with van der Waals surface area (Å²) in [4.78, 5) is 43.8. The van der Waals surface area contributed by atoms with Crippen molar-refractivity contribution in [2.45, 2.75) is 45.6 Å². The van der Waals surface area contributed by atoms with Crippen molar-refractivity contribution >= 4 is 23.5 Å². The molecule has 1 aromatic heterocycles. The molecule has 0 spiro atoms. The summed E-state index contributed by atoms with van der Waals surface area (Å²) in [7, 11) is 2.50. The van der Waals surface area contributed by atoms with Crippen LogP contribution in [0.5, 0.6) is 0 Å². The maximum atomic E-state index is 13.0. The van der Waals surface area contributed by atoms with Crippen molar-refractivity contribution in [1.82, 2.24) is 15.0 Å². The number of ether oxygens (including phenoxy) is 2. The third kappa shape index (κ3) is 6.88. The molecule has 2 aromatic carbocycles. The summed E-state index contributed by atoms with van der Waals surface area (Å²) < 4.78 is 15.0. The Morgan fingerprint density at radius 1 is 0.974 bits per heavy atom. The number of hydrogen-bond acceptors (Lipinski definition) is 9. The van der Waals surface area contributed by atoms with Gasteiger partial charge < -0.3 is 19.3 Å². The third-order valence-electron chi connectivity index (χ3n) is 6.84. The van der Waals surface area contributed by atoms with Gasteiger partial charge in [-0.2, -0.15) is 4.98 Å². The van der Waals surface area contributed by atoms with Crippen molar-refractivity contribution in [3.8, 4) is 11.4 Å². The Kier molecular flexibility index (Phi) is 8.44. The van der Waals surface area contributed by atoms with Gasteiger partial charge in [0.1, 0.15) is 0 Å². The number of carbonyl (C=O) groups excluding carboxylic acids is 3. The van der Waals surface area contributed by atoms with E-state index >= 15 is 0 Å². The number of likely N-dealkylation sites (tertiary alicyclic amines) is 1. The highest BCUT2D eigenvalue weighted by atomic mass is 16.5. The summed E-state index contributed by atoms with van der Waals surface area (Å²) in [5.74, 6) is -0.537. The number of amides is 1. The zero-order valence-corrected chi connectivity index (χ0v) is 22.9. The number of rotatable bonds is 7. The van der Waals surface area contributed by atoms with Gasteiger partial charge in [0, 0.05) is 17.2 Å². The highest BCUT2D eigenvalue weighted by Gasteiger charge is 2.27. The molecular weight excluding hydrogens is 500 g/mol. The summed E-state index contributed by atoms with van der Waals surface area (Å²) in [6, 6.07) is 12.5. The molecule has 1 amide bonds. The van der Waals surface area contributed by atoms with Crippen LogP contribution in [0.4, 0.5) is 5.69 Å². The van der Waals surface area contributed by atoms with Crippen LogP contribution in [0.2, 0.25) is 0 Å². The first-order valence-corrected chi connectivity index (χ1v) is 12.9. The molecule has 3 aromatic rings. The molecule has 1 aliphatic rings. The monoisotopic (exact) mass is 534 g/mol. The fraction of sp³-hybridized carbons (Fsp3) is 0.414. The molecule has 1 fully saturated rings. The molecule has 0 aliphatic carbocycles. The molecule has 39 heavy (non-hydrogen) atoms. The SMILES string of the molecule is COC(=O)c1cc(NC(=O)C2CCN(Cc3nc(-c4ccc(C(C)(C)C)cc4)no3)CC2)cc(C(=O)OC)c1. The second-order valence-corrected chi connectivity index (χ2v) is 10.7. The first-order chi connectivity index (χ1) is 18.6. The normalized spacial score (nSPS) is 14.6. The largest absolute Gasteiger partial charge is 0.465 e. The maximum absolute atomic E-state index is 13.0. The van der Waals surface area contributed by atoms with E-state index in [9.17, 15) is 14.4 Å². The van der Waals surface area contributed by atoms with E-state index in [4.69, 9.17) is 14.0 Å². The van der Waals surface area contributed by atoms with E-state index < -0.39 is 11.9 Å². The molecule has 10 heteroatoms. The molecule has 4 rings (SSSR count). The lowest BCUT2D eigenvalue weighted by molar-refractivity contribution is -0.121. The molecule has 2 heterocycles. The molecule has 0 unspecified atom stereocenters. The molecule has 1 saturated heterocycles. The zero-order valence-electron chi connectivity index (χ0n) is 22.9. The number of esters is 2. The molecule has 10 nitrogen and oxygen atoms in total. The Morgan fingerprint density at radius 3 is 2.10 bits per heavy atom. The lowest BCUT2D eigenvalue weighted by Gasteiger charge is -2.30. The van der Waals surface area contributed by atoms with Gasteiger partial charge >= 0.3 is 11.9 Å². The molecule has 0 radical (unpaired) electrons. The first kappa shape index (κ1) is 28.0. The molecular formula is C29H34N4O6. The van der Waals surface area contributed by atoms with Gasteiger partial charge in [-0.1, -0.05) is 50.2 Å². The molecule has 1 aliphatic heterocycles. The Hall–Kier alpha value is -4.05. The molecule has 0 atom stereocenters. The summed E-state index contributed by atoms with van der Waals surface area (Å²) >= 11 is 0. The number of hydrogen-bond donors (Lipinski definition) is 1. The summed E-state index contributed by atoms with van der Waals surface area (Å²) in [6.45, 7) is 8.39. The van der Waals surface area contributed by atoms with Crippen molar-refractivity contribution in [2.75, 3.05) is 32.6 Å². The number of anilines is 1. The minimum absolute atomic E-state index is 0.0725. The summed E-state index contributed by atoms with van der Waals surface area (Å²) in [5, 5.41) is 6.98. The Balaban J connectivity index is 1.33. The minimum Gasteiger partial charge on any atom is -0.465 e. The standard InChI is InChI=1S/C29H34N4O6/c1-29(2,3)22-8-6-18(7-9-22)25-31-24(39-32-25)17-33-12-10-19(11-13-33)26(34)30-23-15-20(27(35)37-4)14-21(16-23)28(36)38-5/h6-9,14-16,19H,10-13,17H2,1-5H3,(H,30,34). The smallest absolute Gasteiger partial charge is 0.337 e. The molecule has 1 N–H and O–H groups in total. The predicted molar refractivity (Wildman–Crippen MR) is 144 cm³/mol. The zero-order chi connectivity index (χ0) is 28.2. The van der Waals surface area contributed by atoms with Gasteiger partial charge in [0.2, 0.25) is 17.6 Å². The molecule has 0 bridgehead atoms. The highest BCUT2D eigenvalue weighted by Crippen LogP contribution is 2.26. The van der Waals surface area contributed by atoms with E-state index in [1.54, 1.807) is 0 Å². The molecule has 0 saturated carbocycles. The number of carbonyl (C=O) groups is 3. The quantitative estimate of drug-likeness (QED) is 0.438. The summed E-state index contributed by atoms with van der Waals surface area (Å²) in [6.07, 6.45) is 1.28. The highest BCUT2D eigenvalue weighted by molar-refractivity contribution is 6.00. The van der Waals surface area contributed by atoms with Crippen LogP contribution < -0.4 is 5.32 Å². The number of nitrogens with one attached hydrogen (secondary N) is 1. The van der Waals surface area contributed by atoms with Crippen molar-refractivity contribution in [3.63, 3.8) is 0 Å². The lowest BCUT2D eigenvalue weighted by atomic mass is 9.87. The number of piperidine rings is 1. The second kappa shape index (κ2) is 11.8. The molecule has 206 valence electrons. The summed E-state index contributed by atoms with van der Waals surface area (Å²) in [5.41, 5.74) is 2.84. The average molecular weight is 535 g/mol. The van der Waals surface area contributed by atoms with Crippen LogP contribution in [0.3, 0.4) is 0 Å². The van der Waals surface area contributed by atoms with Crippen molar-refractivity contribution in [1.29, 1.82) is 0 Å². The van der Waals surface area contributed by atoms with Gasteiger partial charge in [-0.05, 0) is 55.1 Å². The van der Waals surface area contributed by atoms with Crippen molar-refractivity contribution < 1.29 is 28.4 Å².